The van der Waals surface area contributed by atoms with Gasteiger partial charge in [-0.2, -0.15) is 13.2 Å². The molecule has 0 saturated carbocycles. The fraction of sp³-hybridized carbons (Fsp3) is 0.500. The zero-order valence-corrected chi connectivity index (χ0v) is 6.36. The molecule has 0 atom stereocenters. The van der Waals surface area contributed by atoms with Crippen molar-refractivity contribution in [1.29, 1.82) is 0 Å². The molecule has 0 spiro atoms. The van der Waals surface area contributed by atoms with Crippen LogP contribution >= 0.6 is 0 Å². The van der Waals surface area contributed by atoms with Crippen molar-refractivity contribution in [3.8, 4) is 0 Å². The van der Waals surface area contributed by atoms with E-state index in [2.05, 4.69) is 0 Å². The normalized spacial score (nSPS) is 18.7. The van der Waals surface area contributed by atoms with Crippen LogP contribution < -0.4 is 0 Å². The van der Waals surface area contributed by atoms with Crippen molar-refractivity contribution in [1.82, 2.24) is 0 Å². The van der Waals surface area contributed by atoms with Crippen LogP contribution in [0.3, 0.4) is 0 Å². The summed E-state index contributed by atoms with van der Waals surface area (Å²) in [5.74, 6) is 0. The van der Waals surface area contributed by atoms with Gasteiger partial charge in [0.25, 0.3) is 0 Å². The predicted molar refractivity (Wildman–Crippen MR) is 38.5 cm³/mol. The number of halogens is 3. The average molecular weight is 178 g/mol. The largest absolute Gasteiger partial charge is 0.412 e. The number of aliphatic hydroxyl groups excluding tert-OH is 1. The first-order valence-corrected chi connectivity index (χ1v) is 3.60. The summed E-state index contributed by atoms with van der Waals surface area (Å²) < 4.78 is 36.0. The molecule has 0 saturated heterocycles. The van der Waals surface area contributed by atoms with Crippen LogP contribution in [0.1, 0.15) is 12.8 Å². The molecule has 0 radical (unpaired) electrons. The zero-order valence-electron chi connectivity index (χ0n) is 6.36. The Morgan fingerprint density at radius 3 is 2.25 bits per heavy atom. The Kier molecular flexibility index (Phi) is 2.57. The van der Waals surface area contributed by atoms with Gasteiger partial charge in [-0.05, 0) is 18.4 Å². The highest BCUT2D eigenvalue weighted by molar-refractivity contribution is 5.26. The van der Waals surface area contributed by atoms with Gasteiger partial charge in [0.15, 0.2) is 0 Å². The number of aliphatic hydroxyl groups is 1. The lowest BCUT2D eigenvalue weighted by Crippen LogP contribution is -2.14. The minimum atomic E-state index is -4.21. The minimum Gasteiger partial charge on any atom is -0.392 e. The number of alkyl halides is 3. The maximum absolute atomic E-state index is 12.0. The van der Waals surface area contributed by atoms with Gasteiger partial charge in [0.1, 0.15) is 0 Å². The lowest BCUT2D eigenvalue weighted by molar-refractivity contribution is -0.0941. The smallest absolute Gasteiger partial charge is 0.392 e. The lowest BCUT2D eigenvalue weighted by atomic mass is 9.99. The van der Waals surface area contributed by atoms with Gasteiger partial charge in [0.2, 0.25) is 0 Å². The molecule has 12 heavy (non-hydrogen) atoms. The van der Waals surface area contributed by atoms with Crippen LogP contribution in [-0.4, -0.2) is 17.9 Å². The molecule has 0 amide bonds. The zero-order chi connectivity index (χ0) is 9.19. The third-order valence-electron chi connectivity index (χ3n) is 1.80. The Morgan fingerprint density at radius 2 is 1.92 bits per heavy atom. The summed E-state index contributed by atoms with van der Waals surface area (Å²) in [6.45, 7) is -0.151. The van der Waals surface area contributed by atoms with Crippen LogP contribution in [-0.2, 0) is 0 Å². The van der Waals surface area contributed by atoms with Crippen LogP contribution in [0.5, 0.6) is 0 Å². The summed E-state index contributed by atoms with van der Waals surface area (Å²) in [4.78, 5) is 0. The van der Waals surface area contributed by atoms with Crippen LogP contribution in [0.25, 0.3) is 0 Å². The molecule has 1 aliphatic carbocycles. The van der Waals surface area contributed by atoms with Crippen LogP contribution in [0.4, 0.5) is 13.2 Å². The van der Waals surface area contributed by atoms with Gasteiger partial charge in [-0.3, -0.25) is 0 Å². The minimum absolute atomic E-state index is 0.0180. The summed E-state index contributed by atoms with van der Waals surface area (Å²) in [6.07, 6.45) is -1.55. The molecule has 0 bridgehead atoms. The number of rotatable bonds is 1. The van der Waals surface area contributed by atoms with Crippen molar-refractivity contribution in [2.24, 2.45) is 0 Å². The maximum Gasteiger partial charge on any atom is 0.412 e. The monoisotopic (exact) mass is 178 g/mol. The summed E-state index contributed by atoms with van der Waals surface area (Å²) in [5, 5.41) is 8.60. The number of allylic oxidation sites excluding steroid dienone is 3. The second-order valence-electron chi connectivity index (χ2n) is 2.67. The SMILES string of the molecule is OCC1=CC=C(C(F)(F)F)CC1. The molecular formula is C8H9F3O. The van der Waals surface area contributed by atoms with E-state index < -0.39 is 11.7 Å². The third kappa shape index (κ3) is 2.11. The third-order valence-corrected chi connectivity index (χ3v) is 1.80. The van der Waals surface area contributed by atoms with E-state index in [1.54, 1.807) is 0 Å². The van der Waals surface area contributed by atoms with Gasteiger partial charge in [0, 0.05) is 5.57 Å². The molecule has 1 N–H and O–H groups in total. The van der Waals surface area contributed by atoms with Crippen molar-refractivity contribution >= 4 is 0 Å². The first-order chi connectivity index (χ1) is 5.54. The van der Waals surface area contributed by atoms with Crippen molar-refractivity contribution in [3.05, 3.63) is 23.3 Å². The van der Waals surface area contributed by atoms with E-state index in [1.807, 2.05) is 0 Å². The van der Waals surface area contributed by atoms with Crippen LogP contribution in [0.15, 0.2) is 23.3 Å². The lowest BCUT2D eigenvalue weighted by Gasteiger charge is -2.15. The highest BCUT2D eigenvalue weighted by atomic mass is 19.4. The topological polar surface area (TPSA) is 20.2 Å². The predicted octanol–water partition coefficient (Wildman–Crippen LogP) is 2.19. The molecule has 1 rings (SSSR count). The second kappa shape index (κ2) is 3.31. The van der Waals surface area contributed by atoms with E-state index in [-0.39, 0.29) is 13.0 Å². The maximum atomic E-state index is 12.0. The molecule has 0 aliphatic heterocycles. The Labute approximate surface area is 68.2 Å². The van der Waals surface area contributed by atoms with Gasteiger partial charge in [-0.15, -0.1) is 0 Å². The average Bonchev–Trinajstić information content (AvgIpc) is 2.03. The molecule has 0 heterocycles. The molecule has 0 fully saturated rings. The Morgan fingerprint density at radius 1 is 1.25 bits per heavy atom. The van der Waals surface area contributed by atoms with Gasteiger partial charge in [0.05, 0.1) is 6.61 Å². The molecule has 0 aromatic rings. The molecule has 68 valence electrons. The molecule has 0 aromatic heterocycles. The fourth-order valence-corrected chi connectivity index (χ4v) is 1.05. The Balaban J connectivity index is 2.73. The van der Waals surface area contributed by atoms with Gasteiger partial charge in [-0.25, -0.2) is 0 Å². The Hall–Kier alpha value is -0.770. The van der Waals surface area contributed by atoms with E-state index in [1.165, 1.54) is 6.08 Å². The second-order valence-corrected chi connectivity index (χ2v) is 2.67. The first kappa shape index (κ1) is 9.32. The van der Waals surface area contributed by atoms with Crippen molar-refractivity contribution < 1.29 is 18.3 Å². The number of hydrogen-bond donors (Lipinski definition) is 1. The molecular weight excluding hydrogens is 169 g/mol. The van der Waals surface area contributed by atoms with Crippen LogP contribution in [0, 0.1) is 0 Å². The van der Waals surface area contributed by atoms with E-state index in [9.17, 15) is 13.2 Å². The van der Waals surface area contributed by atoms with E-state index in [0.717, 1.165) is 6.08 Å². The first-order valence-electron chi connectivity index (χ1n) is 3.60. The molecule has 0 aromatic carbocycles. The summed E-state index contributed by atoms with van der Waals surface area (Å²) in [5.41, 5.74) is 0.141. The molecule has 0 unspecified atom stereocenters. The van der Waals surface area contributed by atoms with Crippen LogP contribution in [0.2, 0.25) is 0 Å². The standard InChI is InChI=1S/C8H9F3O/c9-8(10,11)7-3-1-6(5-12)2-4-7/h1,3,12H,2,4-5H2. The summed E-state index contributed by atoms with van der Waals surface area (Å²) >= 11 is 0. The molecule has 1 nitrogen and oxygen atoms in total. The van der Waals surface area contributed by atoms with Gasteiger partial charge < -0.3 is 5.11 Å². The van der Waals surface area contributed by atoms with Crippen molar-refractivity contribution in [2.45, 2.75) is 19.0 Å². The van der Waals surface area contributed by atoms with Crippen molar-refractivity contribution in [3.63, 3.8) is 0 Å². The highest BCUT2D eigenvalue weighted by Crippen LogP contribution is 2.32. The van der Waals surface area contributed by atoms with E-state index in [0.29, 0.717) is 12.0 Å². The Bertz CT molecular complexity index is 225. The van der Waals surface area contributed by atoms with E-state index >= 15 is 0 Å². The van der Waals surface area contributed by atoms with E-state index in [4.69, 9.17) is 5.11 Å². The molecule has 4 heteroatoms. The fourth-order valence-electron chi connectivity index (χ4n) is 1.05. The quantitative estimate of drug-likeness (QED) is 0.652. The summed E-state index contributed by atoms with van der Waals surface area (Å²) in [6, 6.07) is 0. The van der Waals surface area contributed by atoms with Gasteiger partial charge >= 0.3 is 6.18 Å². The molecule has 1 aliphatic rings. The number of hydrogen-bond acceptors (Lipinski definition) is 1. The van der Waals surface area contributed by atoms with Gasteiger partial charge in [-0.1, -0.05) is 12.2 Å². The van der Waals surface area contributed by atoms with Crippen molar-refractivity contribution in [2.75, 3.05) is 6.61 Å². The highest BCUT2D eigenvalue weighted by Gasteiger charge is 2.33. The summed E-state index contributed by atoms with van der Waals surface area (Å²) in [7, 11) is 0.